The van der Waals surface area contributed by atoms with Gasteiger partial charge in [0, 0.05) is 28.9 Å². The summed E-state index contributed by atoms with van der Waals surface area (Å²) in [5.74, 6) is 0.154. The van der Waals surface area contributed by atoms with Gasteiger partial charge in [-0.05, 0) is 39.5 Å². The van der Waals surface area contributed by atoms with Crippen LogP contribution in [0.5, 0.6) is 0 Å². The van der Waals surface area contributed by atoms with Crippen LogP contribution in [0.3, 0.4) is 0 Å². The highest BCUT2D eigenvalue weighted by Crippen LogP contribution is 2.33. The van der Waals surface area contributed by atoms with Crippen LogP contribution in [0, 0.1) is 5.92 Å². The maximum absolute atomic E-state index is 12.7. The number of amides is 1. The van der Waals surface area contributed by atoms with E-state index in [0.29, 0.717) is 10.6 Å². The topological polar surface area (TPSA) is 33.2 Å². The Hall–Kier alpha value is -1.39. The van der Waals surface area contributed by atoms with Crippen molar-refractivity contribution in [1.82, 2.24) is 9.88 Å². The van der Waals surface area contributed by atoms with E-state index in [1.165, 1.54) is 0 Å². The highest BCUT2D eigenvalue weighted by molar-refractivity contribution is 9.10. The Morgan fingerprint density at radius 1 is 1.27 bits per heavy atom. The maximum Gasteiger partial charge on any atom is 0.255 e. The normalized spacial score (nSPS) is 12.3. The SMILES string of the molecule is CC(C)C(c1ccccc1Cl)N(C)C(=O)c1cncc(Br)c1. The third-order valence-corrected chi connectivity index (χ3v) is 4.32. The number of rotatable bonds is 4. The van der Waals surface area contributed by atoms with Crippen molar-refractivity contribution in [3.63, 3.8) is 0 Å². The second kappa shape index (κ2) is 7.25. The van der Waals surface area contributed by atoms with Crippen LogP contribution in [-0.4, -0.2) is 22.8 Å². The average Bonchev–Trinajstić information content (AvgIpc) is 2.48. The molecule has 0 aliphatic heterocycles. The zero-order valence-corrected chi connectivity index (χ0v) is 15.1. The summed E-state index contributed by atoms with van der Waals surface area (Å²) in [4.78, 5) is 18.5. The van der Waals surface area contributed by atoms with Gasteiger partial charge in [0.25, 0.3) is 5.91 Å². The third kappa shape index (κ3) is 3.68. The molecule has 0 saturated heterocycles. The number of hydrogen-bond acceptors (Lipinski definition) is 2. The van der Waals surface area contributed by atoms with E-state index in [1.807, 2.05) is 24.3 Å². The van der Waals surface area contributed by atoms with E-state index < -0.39 is 0 Å². The van der Waals surface area contributed by atoms with E-state index in [9.17, 15) is 4.79 Å². The van der Waals surface area contributed by atoms with Crippen LogP contribution in [0.2, 0.25) is 5.02 Å². The summed E-state index contributed by atoms with van der Waals surface area (Å²) in [5.41, 5.74) is 1.51. The number of aromatic nitrogens is 1. The molecule has 1 aromatic carbocycles. The van der Waals surface area contributed by atoms with Gasteiger partial charge in [-0.15, -0.1) is 0 Å². The van der Waals surface area contributed by atoms with Crippen molar-refractivity contribution < 1.29 is 4.79 Å². The molecule has 1 heterocycles. The van der Waals surface area contributed by atoms with Crippen LogP contribution in [0.1, 0.15) is 35.8 Å². The van der Waals surface area contributed by atoms with Crippen molar-refractivity contribution >= 4 is 33.4 Å². The van der Waals surface area contributed by atoms with Crippen molar-refractivity contribution in [3.05, 3.63) is 63.3 Å². The minimum atomic E-state index is -0.0971. The zero-order chi connectivity index (χ0) is 16.3. The van der Waals surface area contributed by atoms with Crippen molar-refractivity contribution in [2.45, 2.75) is 19.9 Å². The van der Waals surface area contributed by atoms with E-state index >= 15 is 0 Å². The molecule has 1 unspecified atom stereocenters. The van der Waals surface area contributed by atoms with Crippen LogP contribution < -0.4 is 0 Å². The predicted molar refractivity (Wildman–Crippen MR) is 93.1 cm³/mol. The lowest BCUT2D eigenvalue weighted by atomic mass is 9.94. The molecule has 22 heavy (non-hydrogen) atoms. The highest BCUT2D eigenvalue weighted by atomic mass is 79.9. The summed E-state index contributed by atoms with van der Waals surface area (Å²) in [6.45, 7) is 4.16. The van der Waals surface area contributed by atoms with Crippen molar-refractivity contribution in [3.8, 4) is 0 Å². The lowest BCUT2D eigenvalue weighted by Crippen LogP contribution is -2.34. The fraction of sp³-hybridized carbons (Fsp3) is 0.294. The Balaban J connectivity index is 2.37. The van der Waals surface area contributed by atoms with E-state index in [-0.39, 0.29) is 17.9 Å². The van der Waals surface area contributed by atoms with Gasteiger partial charge >= 0.3 is 0 Å². The quantitative estimate of drug-likeness (QED) is 0.749. The first-order valence-electron chi connectivity index (χ1n) is 7.04. The maximum atomic E-state index is 12.7. The first-order chi connectivity index (χ1) is 10.4. The molecule has 0 N–H and O–H groups in total. The van der Waals surface area contributed by atoms with Gasteiger partial charge in [-0.25, -0.2) is 0 Å². The molecule has 1 amide bonds. The Morgan fingerprint density at radius 2 is 1.95 bits per heavy atom. The molecule has 2 rings (SSSR count). The molecule has 2 aromatic rings. The van der Waals surface area contributed by atoms with Crippen LogP contribution in [-0.2, 0) is 0 Å². The Morgan fingerprint density at radius 3 is 2.55 bits per heavy atom. The number of halogens is 2. The summed E-state index contributed by atoms with van der Waals surface area (Å²) in [7, 11) is 1.80. The van der Waals surface area contributed by atoms with Crippen molar-refractivity contribution in [2.75, 3.05) is 7.05 Å². The third-order valence-electron chi connectivity index (χ3n) is 3.54. The first-order valence-corrected chi connectivity index (χ1v) is 8.21. The number of hydrogen-bond donors (Lipinski definition) is 0. The van der Waals surface area contributed by atoms with Crippen LogP contribution in [0.25, 0.3) is 0 Å². The number of carbonyl (C=O) groups excluding carboxylic acids is 1. The summed E-state index contributed by atoms with van der Waals surface area (Å²) < 4.78 is 0.783. The van der Waals surface area contributed by atoms with E-state index in [4.69, 9.17) is 11.6 Å². The Bertz CT molecular complexity index is 675. The van der Waals surface area contributed by atoms with Crippen molar-refractivity contribution in [2.24, 2.45) is 5.92 Å². The molecule has 0 bridgehead atoms. The van der Waals surface area contributed by atoms with Crippen LogP contribution in [0.4, 0.5) is 0 Å². The number of nitrogens with zero attached hydrogens (tertiary/aromatic N) is 2. The van der Waals surface area contributed by atoms with E-state index in [1.54, 1.807) is 30.4 Å². The second-order valence-corrected chi connectivity index (χ2v) is 6.84. The number of carbonyl (C=O) groups is 1. The van der Waals surface area contributed by atoms with Gasteiger partial charge in [0.15, 0.2) is 0 Å². The van der Waals surface area contributed by atoms with Crippen molar-refractivity contribution in [1.29, 1.82) is 0 Å². The summed E-state index contributed by atoms with van der Waals surface area (Å²) in [5, 5.41) is 0.674. The highest BCUT2D eigenvalue weighted by Gasteiger charge is 2.27. The number of benzene rings is 1. The largest absolute Gasteiger partial charge is 0.334 e. The van der Waals surface area contributed by atoms with Gasteiger partial charge in [-0.2, -0.15) is 0 Å². The van der Waals surface area contributed by atoms with Crippen LogP contribution in [0.15, 0.2) is 47.2 Å². The monoisotopic (exact) mass is 380 g/mol. The van der Waals surface area contributed by atoms with Gasteiger partial charge in [-0.1, -0.05) is 43.6 Å². The van der Waals surface area contributed by atoms with E-state index in [0.717, 1.165) is 10.0 Å². The average molecular weight is 382 g/mol. The molecule has 0 spiro atoms. The summed E-state index contributed by atoms with van der Waals surface area (Å²) in [6, 6.07) is 9.33. The molecule has 0 radical (unpaired) electrons. The van der Waals surface area contributed by atoms with Gasteiger partial charge in [0.2, 0.25) is 0 Å². The zero-order valence-electron chi connectivity index (χ0n) is 12.8. The summed E-state index contributed by atoms with van der Waals surface area (Å²) >= 11 is 9.67. The predicted octanol–water partition coefficient (Wildman–Crippen LogP) is 4.97. The molecule has 0 aliphatic rings. The fourth-order valence-electron chi connectivity index (χ4n) is 2.59. The second-order valence-electron chi connectivity index (χ2n) is 5.52. The molecule has 0 fully saturated rings. The van der Waals surface area contributed by atoms with Gasteiger partial charge in [0.1, 0.15) is 0 Å². The minimum absolute atomic E-state index is 0.0765. The summed E-state index contributed by atoms with van der Waals surface area (Å²) in [6.07, 6.45) is 3.23. The standard InChI is InChI=1S/C17H18BrClN2O/c1-11(2)16(14-6-4-5-7-15(14)19)21(3)17(22)12-8-13(18)10-20-9-12/h4-11,16H,1-3H3. The van der Waals surface area contributed by atoms with Crippen LogP contribution >= 0.6 is 27.5 Å². The smallest absolute Gasteiger partial charge is 0.255 e. The molecular weight excluding hydrogens is 364 g/mol. The molecule has 5 heteroatoms. The van der Waals surface area contributed by atoms with E-state index in [2.05, 4.69) is 34.8 Å². The van der Waals surface area contributed by atoms with Gasteiger partial charge < -0.3 is 4.90 Å². The molecule has 1 atom stereocenters. The molecule has 1 aromatic heterocycles. The molecule has 0 saturated carbocycles. The molecule has 3 nitrogen and oxygen atoms in total. The Labute approximate surface area is 144 Å². The fourth-order valence-corrected chi connectivity index (χ4v) is 3.20. The van der Waals surface area contributed by atoms with Gasteiger partial charge in [0.05, 0.1) is 11.6 Å². The molecule has 0 aliphatic carbocycles. The number of pyridine rings is 1. The molecular formula is C17H18BrClN2O. The minimum Gasteiger partial charge on any atom is -0.334 e. The molecule has 116 valence electrons. The lowest BCUT2D eigenvalue weighted by molar-refractivity contribution is 0.0687. The Kier molecular flexibility index (Phi) is 5.59. The van der Waals surface area contributed by atoms with Gasteiger partial charge in [-0.3, -0.25) is 9.78 Å². The first kappa shape index (κ1) is 17.0. The lowest BCUT2D eigenvalue weighted by Gasteiger charge is -2.32.